The number of hydrogen-bond acceptors (Lipinski definition) is 8. The second-order valence-corrected chi connectivity index (χ2v) is 14.0. The van der Waals surface area contributed by atoms with Crippen LogP contribution in [-0.2, 0) is 25.5 Å². The lowest BCUT2D eigenvalue weighted by Gasteiger charge is -2.30. The fourth-order valence-electron chi connectivity index (χ4n) is 5.89. The smallest absolute Gasteiger partial charge is 0.407 e. The summed E-state index contributed by atoms with van der Waals surface area (Å²) in [6.07, 6.45) is -0.0626. The maximum Gasteiger partial charge on any atom is 0.407 e. The molecule has 3 aromatic carbocycles. The fourth-order valence-corrected chi connectivity index (χ4v) is 5.89. The molecule has 0 fully saturated rings. The number of nitrogens with zero attached hydrogens (tertiary/aromatic N) is 1. The first kappa shape index (κ1) is 40.2. The monoisotopic (exact) mass is 729 g/mol. The number of hydrogen-bond donors (Lipinski definition) is 4. The van der Waals surface area contributed by atoms with E-state index in [0.717, 1.165) is 16.7 Å². The molecule has 13 heteroatoms. The van der Waals surface area contributed by atoms with E-state index >= 15 is 0 Å². The van der Waals surface area contributed by atoms with Crippen molar-refractivity contribution in [1.82, 2.24) is 26.2 Å². The number of ether oxygens (including phenoxy) is 3. The largest absolute Gasteiger partial charge is 0.493 e. The Morgan fingerprint density at radius 2 is 1.60 bits per heavy atom. The number of carbonyl (C=O) groups excluding carboxylic acids is 5. The molecule has 4 N–H and O–H groups in total. The van der Waals surface area contributed by atoms with Gasteiger partial charge in [0.15, 0.2) is 0 Å². The van der Waals surface area contributed by atoms with Crippen molar-refractivity contribution in [2.75, 3.05) is 39.9 Å². The molecule has 4 bridgehead atoms. The number of rotatable bonds is 10. The first-order valence-electron chi connectivity index (χ1n) is 17.8. The maximum absolute atomic E-state index is 14.1. The zero-order chi connectivity index (χ0) is 38.9. The molecule has 13 nitrogen and oxygen atoms in total. The number of aryl methyl sites for hydroxylation is 2. The van der Waals surface area contributed by atoms with Crippen LogP contribution < -0.4 is 30.7 Å². The van der Waals surface area contributed by atoms with E-state index in [4.69, 9.17) is 14.2 Å². The van der Waals surface area contributed by atoms with Gasteiger partial charge in [0.2, 0.25) is 17.7 Å². The number of likely N-dealkylation sites (N-methyl/N-ethyl adjacent to an activating group) is 1. The van der Waals surface area contributed by atoms with Crippen LogP contribution in [0, 0.1) is 13.8 Å². The van der Waals surface area contributed by atoms with Gasteiger partial charge in [-0.2, -0.15) is 0 Å². The number of nitrogens with one attached hydrogen (secondary N) is 4. The molecular formula is C40H51N5O8. The first-order valence-corrected chi connectivity index (χ1v) is 17.8. The van der Waals surface area contributed by atoms with Gasteiger partial charge in [-0.1, -0.05) is 29.8 Å². The van der Waals surface area contributed by atoms with Gasteiger partial charge in [0, 0.05) is 30.3 Å². The Morgan fingerprint density at radius 3 is 2.30 bits per heavy atom. The van der Waals surface area contributed by atoms with Gasteiger partial charge in [0.1, 0.15) is 35.8 Å². The van der Waals surface area contributed by atoms with Crippen LogP contribution in [0.4, 0.5) is 4.79 Å². The zero-order valence-corrected chi connectivity index (χ0v) is 31.8. The van der Waals surface area contributed by atoms with Crippen LogP contribution >= 0.6 is 0 Å². The third-order valence-electron chi connectivity index (χ3n) is 8.50. The van der Waals surface area contributed by atoms with Crippen LogP contribution in [0.1, 0.15) is 73.3 Å². The second kappa shape index (κ2) is 17.8. The maximum atomic E-state index is 14.1. The van der Waals surface area contributed by atoms with E-state index in [1.807, 2.05) is 51.1 Å². The molecule has 53 heavy (non-hydrogen) atoms. The fraction of sp³-hybridized carbons (Fsp3) is 0.425. The Kier molecular flexibility index (Phi) is 13.5. The molecule has 2 atom stereocenters. The van der Waals surface area contributed by atoms with Crippen molar-refractivity contribution in [2.24, 2.45) is 0 Å². The lowest BCUT2D eigenvalue weighted by Crippen LogP contribution is -2.50. The van der Waals surface area contributed by atoms with Crippen LogP contribution in [0.5, 0.6) is 11.5 Å². The minimum Gasteiger partial charge on any atom is -0.493 e. The minimum atomic E-state index is -1.21. The van der Waals surface area contributed by atoms with E-state index in [-0.39, 0.29) is 25.6 Å². The van der Waals surface area contributed by atoms with Gasteiger partial charge >= 0.3 is 6.09 Å². The summed E-state index contributed by atoms with van der Waals surface area (Å²) in [7, 11) is 1.47. The summed E-state index contributed by atoms with van der Waals surface area (Å²) < 4.78 is 17.6. The van der Waals surface area contributed by atoms with Crippen LogP contribution in [0.3, 0.4) is 0 Å². The Hall–Kier alpha value is -5.59. The molecule has 4 rings (SSSR count). The molecule has 3 aromatic rings. The van der Waals surface area contributed by atoms with Crippen molar-refractivity contribution in [3.05, 3.63) is 82.4 Å². The molecule has 0 aromatic heterocycles. The number of carbonyl (C=O) groups is 5. The van der Waals surface area contributed by atoms with E-state index in [1.54, 1.807) is 52.0 Å². The predicted octanol–water partition coefficient (Wildman–Crippen LogP) is 4.38. The van der Waals surface area contributed by atoms with Gasteiger partial charge in [0.25, 0.3) is 5.91 Å². The molecule has 284 valence electrons. The zero-order valence-electron chi connectivity index (χ0n) is 31.8. The Morgan fingerprint density at radius 1 is 0.906 bits per heavy atom. The molecule has 0 spiro atoms. The molecule has 0 aliphatic carbocycles. The highest BCUT2D eigenvalue weighted by Gasteiger charge is 2.32. The summed E-state index contributed by atoms with van der Waals surface area (Å²) in [6.45, 7) is 13.1. The van der Waals surface area contributed by atoms with Crippen LogP contribution in [0.25, 0.3) is 11.1 Å². The molecule has 1 aliphatic rings. The summed E-state index contributed by atoms with van der Waals surface area (Å²) in [5.74, 6) is -0.914. The number of amides is 5. The SMILES string of the molecule is CCOc1ccc2cc1-c1cc(ccc1OCCNC(=O)OC(C)(C)C)C(N(C)C(=O)CNC(=O)c1ccc(C)cc1C)C(=O)N[C@@H](C)C(=O)NCC2. The molecular weight excluding hydrogens is 678 g/mol. The Labute approximate surface area is 311 Å². The molecule has 0 saturated heterocycles. The van der Waals surface area contributed by atoms with E-state index in [9.17, 15) is 24.0 Å². The molecule has 1 unspecified atom stereocenters. The van der Waals surface area contributed by atoms with Gasteiger partial charge in [-0.15, -0.1) is 0 Å². The van der Waals surface area contributed by atoms with Crippen molar-refractivity contribution in [3.63, 3.8) is 0 Å². The van der Waals surface area contributed by atoms with E-state index in [1.165, 1.54) is 11.9 Å². The Balaban J connectivity index is 1.73. The topological polar surface area (TPSA) is 164 Å². The third kappa shape index (κ3) is 11.0. The standard InChI is InChI=1S/C40H51N5O8/c1-9-51-32-14-11-27-16-17-41-36(47)26(4)44-38(49)35(45(8)34(46)23-43-37(48)29-13-10-24(2)20-25(29)3)28-12-15-33(31(22-28)30(32)21-27)52-19-18-42-39(50)53-40(5,6)7/h10-15,20-22,26,35H,9,16-19,23H2,1-8H3,(H,41,47)(H,42,50)(H,43,48)(H,44,49)/t26-,35?/m0/s1. The van der Waals surface area contributed by atoms with Gasteiger partial charge in [-0.25, -0.2) is 4.79 Å². The van der Waals surface area contributed by atoms with Crippen LogP contribution in [-0.4, -0.2) is 86.2 Å². The average Bonchev–Trinajstić information content (AvgIpc) is 3.08. The number of fused-ring (bicyclic) bond motifs is 5. The number of alkyl carbamates (subject to hydrolysis) is 1. The highest BCUT2D eigenvalue weighted by atomic mass is 16.6. The van der Waals surface area contributed by atoms with Crippen molar-refractivity contribution >= 4 is 29.7 Å². The minimum absolute atomic E-state index is 0.0985. The van der Waals surface area contributed by atoms with Gasteiger partial charge in [0.05, 0.1) is 19.7 Å². The van der Waals surface area contributed by atoms with Crippen molar-refractivity contribution in [3.8, 4) is 22.6 Å². The third-order valence-corrected chi connectivity index (χ3v) is 8.50. The summed E-state index contributed by atoms with van der Waals surface area (Å²) in [6, 6.07) is 14.1. The van der Waals surface area contributed by atoms with Crippen molar-refractivity contribution < 1.29 is 38.2 Å². The Bertz CT molecular complexity index is 1840. The van der Waals surface area contributed by atoms with Crippen LogP contribution in [0.2, 0.25) is 0 Å². The lowest BCUT2D eigenvalue weighted by molar-refractivity contribution is -0.139. The summed E-state index contributed by atoms with van der Waals surface area (Å²) in [5, 5.41) is 11.0. The molecule has 1 heterocycles. The van der Waals surface area contributed by atoms with Gasteiger partial charge in [-0.3, -0.25) is 19.2 Å². The lowest BCUT2D eigenvalue weighted by atomic mass is 9.94. The molecule has 1 aliphatic heterocycles. The average molecular weight is 730 g/mol. The summed E-state index contributed by atoms with van der Waals surface area (Å²) in [5.41, 5.74) is 4.16. The van der Waals surface area contributed by atoms with E-state index in [2.05, 4.69) is 21.3 Å². The second-order valence-electron chi connectivity index (χ2n) is 14.0. The normalized spacial score (nSPS) is 15.9. The van der Waals surface area contributed by atoms with Gasteiger partial charge < -0.3 is 40.4 Å². The van der Waals surface area contributed by atoms with E-state index in [0.29, 0.717) is 53.3 Å². The number of benzene rings is 3. The first-order chi connectivity index (χ1) is 25.1. The molecule has 5 amide bonds. The van der Waals surface area contributed by atoms with E-state index < -0.39 is 41.5 Å². The van der Waals surface area contributed by atoms with Crippen molar-refractivity contribution in [2.45, 2.75) is 72.6 Å². The van der Waals surface area contributed by atoms with Gasteiger partial charge in [-0.05, 0) is 102 Å². The highest BCUT2D eigenvalue weighted by molar-refractivity contribution is 5.98. The van der Waals surface area contributed by atoms with Crippen molar-refractivity contribution in [1.29, 1.82) is 0 Å². The highest BCUT2D eigenvalue weighted by Crippen LogP contribution is 2.40. The van der Waals surface area contributed by atoms with Crippen LogP contribution in [0.15, 0.2) is 54.6 Å². The predicted molar refractivity (Wildman–Crippen MR) is 201 cm³/mol. The summed E-state index contributed by atoms with van der Waals surface area (Å²) in [4.78, 5) is 67.3. The quantitative estimate of drug-likeness (QED) is 0.224. The molecule has 0 radical (unpaired) electrons. The molecule has 0 saturated carbocycles. The summed E-state index contributed by atoms with van der Waals surface area (Å²) >= 11 is 0.